The normalized spacial score (nSPS) is 10.3. The number of aromatic nitrogens is 1. The van der Waals surface area contributed by atoms with Gasteiger partial charge in [0.25, 0.3) is 5.91 Å². The molecule has 4 nitrogen and oxygen atoms in total. The molecule has 0 saturated heterocycles. The number of carbonyl (C=O) groups is 1. The summed E-state index contributed by atoms with van der Waals surface area (Å²) in [5.74, 6) is -0.0842. The van der Waals surface area contributed by atoms with Gasteiger partial charge in [-0.15, -0.1) is 11.3 Å². The molecule has 0 aliphatic carbocycles. The van der Waals surface area contributed by atoms with Crippen molar-refractivity contribution in [3.63, 3.8) is 0 Å². The van der Waals surface area contributed by atoms with E-state index in [1.165, 1.54) is 30.6 Å². The van der Waals surface area contributed by atoms with E-state index in [2.05, 4.69) is 10.3 Å². The van der Waals surface area contributed by atoms with Crippen LogP contribution in [0.2, 0.25) is 0 Å². The largest absolute Gasteiger partial charge is 0.496 e. The molecule has 0 bridgehead atoms. The van der Waals surface area contributed by atoms with Gasteiger partial charge in [-0.05, 0) is 30.3 Å². The Labute approximate surface area is 136 Å². The van der Waals surface area contributed by atoms with Crippen LogP contribution in [-0.2, 0) is 0 Å². The summed E-state index contributed by atoms with van der Waals surface area (Å²) in [4.78, 5) is 16.4. The Morgan fingerprint density at radius 2 is 2.00 bits per heavy atom. The van der Waals surface area contributed by atoms with E-state index in [-0.39, 0.29) is 11.7 Å². The van der Waals surface area contributed by atoms with Crippen LogP contribution in [0.5, 0.6) is 5.75 Å². The average Bonchev–Trinajstić information content (AvgIpc) is 3.04. The third-order valence-corrected chi connectivity index (χ3v) is 3.96. The van der Waals surface area contributed by atoms with Crippen molar-refractivity contribution in [1.82, 2.24) is 4.98 Å². The van der Waals surface area contributed by atoms with E-state index in [4.69, 9.17) is 4.74 Å². The third-order valence-electron chi connectivity index (χ3n) is 3.20. The summed E-state index contributed by atoms with van der Waals surface area (Å²) in [5, 5.41) is 4.93. The molecule has 1 aromatic heterocycles. The number of methoxy groups -OCH3 is 1. The van der Waals surface area contributed by atoms with E-state index >= 15 is 0 Å². The van der Waals surface area contributed by atoms with E-state index in [1.807, 2.05) is 6.07 Å². The first kappa shape index (κ1) is 15.2. The molecule has 1 N–H and O–H groups in total. The van der Waals surface area contributed by atoms with Gasteiger partial charge < -0.3 is 4.74 Å². The first-order valence-corrected chi connectivity index (χ1v) is 7.71. The lowest BCUT2D eigenvalue weighted by Crippen LogP contribution is -2.11. The summed E-state index contributed by atoms with van der Waals surface area (Å²) in [7, 11) is 1.52. The van der Waals surface area contributed by atoms with Gasteiger partial charge in [-0.1, -0.05) is 18.2 Å². The number of hydrogen-bond acceptors (Lipinski definition) is 4. The molecule has 116 valence electrons. The second-order valence-electron chi connectivity index (χ2n) is 4.70. The number of ether oxygens (including phenoxy) is 1. The van der Waals surface area contributed by atoms with Gasteiger partial charge in [0, 0.05) is 16.5 Å². The standard InChI is InChI=1S/C17H13FN2O2S/c1-22-15-8-7-12(18)9-13(15)14-10-23-17(19-14)20-16(21)11-5-3-2-4-6-11/h2-10H,1H3,(H,19,20,21). The van der Waals surface area contributed by atoms with Crippen LogP contribution in [0.4, 0.5) is 9.52 Å². The minimum Gasteiger partial charge on any atom is -0.496 e. The molecule has 0 unspecified atom stereocenters. The summed E-state index contributed by atoms with van der Waals surface area (Å²) in [6, 6.07) is 13.1. The van der Waals surface area contributed by atoms with Crippen molar-refractivity contribution in [3.05, 3.63) is 65.3 Å². The number of benzene rings is 2. The molecule has 0 aliphatic rings. The Kier molecular flexibility index (Phi) is 4.34. The van der Waals surface area contributed by atoms with Gasteiger partial charge in [0.2, 0.25) is 0 Å². The molecule has 0 aliphatic heterocycles. The van der Waals surface area contributed by atoms with Crippen molar-refractivity contribution in [1.29, 1.82) is 0 Å². The smallest absolute Gasteiger partial charge is 0.257 e. The van der Waals surface area contributed by atoms with E-state index in [0.29, 0.717) is 27.7 Å². The molecule has 3 rings (SSSR count). The molecular formula is C17H13FN2O2S. The second-order valence-corrected chi connectivity index (χ2v) is 5.56. The van der Waals surface area contributed by atoms with Crippen LogP contribution in [0.15, 0.2) is 53.9 Å². The van der Waals surface area contributed by atoms with Gasteiger partial charge in [-0.2, -0.15) is 0 Å². The lowest BCUT2D eigenvalue weighted by molar-refractivity contribution is 0.102. The highest BCUT2D eigenvalue weighted by molar-refractivity contribution is 7.14. The Morgan fingerprint density at radius 3 is 2.74 bits per heavy atom. The minimum atomic E-state index is -0.372. The van der Waals surface area contributed by atoms with E-state index in [0.717, 1.165) is 0 Å². The highest BCUT2D eigenvalue weighted by atomic mass is 32.1. The number of thiazole rings is 1. The molecule has 0 spiro atoms. The quantitative estimate of drug-likeness (QED) is 0.780. The summed E-state index contributed by atoms with van der Waals surface area (Å²) in [6.07, 6.45) is 0. The predicted octanol–water partition coefficient (Wildman–Crippen LogP) is 4.21. The number of hydrogen-bond donors (Lipinski definition) is 1. The van der Waals surface area contributed by atoms with Crippen LogP contribution in [0.25, 0.3) is 11.3 Å². The molecule has 0 fully saturated rings. The summed E-state index contributed by atoms with van der Waals surface area (Å²) < 4.78 is 18.7. The highest BCUT2D eigenvalue weighted by Gasteiger charge is 2.13. The zero-order valence-electron chi connectivity index (χ0n) is 12.2. The van der Waals surface area contributed by atoms with Crippen molar-refractivity contribution in [2.24, 2.45) is 0 Å². The van der Waals surface area contributed by atoms with Gasteiger partial charge in [-0.25, -0.2) is 9.37 Å². The number of carbonyl (C=O) groups excluding carboxylic acids is 1. The maximum Gasteiger partial charge on any atom is 0.257 e. The summed E-state index contributed by atoms with van der Waals surface area (Å²) in [5.41, 5.74) is 1.64. The number of rotatable bonds is 4. The minimum absolute atomic E-state index is 0.238. The fourth-order valence-electron chi connectivity index (χ4n) is 2.09. The van der Waals surface area contributed by atoms with Crippen molar-refractivity contribution in [2.75, 3.05) is 12.4 Å². The van der Waals surface area contributed by atoms with E-state index < -0.39 is 0 Å². The molecule has 23 heavy (non-hydrogen) atoms. The van der Waals surface area contributed by atoms with Crippen LogP contribution in [-0.4, -0.2) is 18.0 Å². The monoisotopic (exact) mass is 328 g/mol. The van der Waals surface area contributed by atoms with Crippen molar-refractivity contribution < 1.29 is 13.9 Å². The van der Waals surface area contributed by atoms with E-state index in [9.17, 15) is 9.18 Å². The fraction of sp³-hybridized carbons (Fsp3) is 0.0588. The Bertz CT molecular complexity index is 834. The number of anilines is 1. The number of nitrogens with zero attached hydrogens (tertiary/aromatic N) is 1. The first-order valence-electron chi connectivity index (χ1n) is 6.83. The van der Waals surface area contributed by atoms with Gasteiger partial charge in [0.05, 0.1) is 12.8 Å². The maximum absolute atomic E-state index is 13.5. The van der Waals surface area contributed by atoms with Crippen LogP contribution in [0.3, 0.4) is 0 Å². The molecule has 6 heteroatoms. The summed E-state index contributed by atoms with van der Waals surface area (Å²) >= 11 is 1.27. The van der Waals surface area contributed by atoms with Gasteiger partial charge in [0.1, 0.15) is 11.6 Å². The number of amides is 1. The van der Waals surface area contributed by atoms with Crippen LogP contribution < -0.4 is 10.1 Å². The van der Waals surface area contributed by atoms with Crippen LogP contribution in [0.1, 0.15) is 10.4 Å². The lowest BCUT2D eigenvalue weighted by Gasteiger charge is -2.06. The summed E-state index contributed by atoms with van der Waals surface area (Å²) in [6.45, 7) is 0. The number of halogens is 1. The van der Waals surface area contributed by atoms with Crippen molar-refractivity contribution in [2.45, 2.75) is 0 Å². The zero-order chi connectivity index (χ0) is 16.2. The molecule has 1 heterocycles. The topological polar surface area (TPSA) is 51.2 Å². The van der Waals surface area contributed by atoms with Crippen LogP contribution >= 0.6 is 11.3 Å². The zero-order valence-corrected chi connectivity index (χ0v) is 13.1. The molecule has 1 amide bonds. The first-order chi connectivity index (χ1) is 11.2. The average molecular weight is 328 g/mol. The second kappa shape index (κ2) is 6.58. The third kappa shape index (κ3) is 3.37. The Morgan fingerprint density at radius 1 is 1.22 bits per heavy atom. The Balaban J connectivity index is 1.84. The molecular weight excluding hydrogens is 315 g/mol. The maximum atomic E-state index is 13.5. The predicted molar refractivity (Wildman–Crippen MR) is 88.5 cm³/mol. The lowest BCUT2D eigenvalue weighted by atomic mass is 10.1. The SMILES string of the molecule is COc1ccc(F)cc1-c1csc(NC(=O)c2ccccc2)n1. The Hall–Kier alpha value is -2.73. The van der Waals surface area contributed by atoms with Crippen LogP contribution in [0, 0.1) is 5.82 Å². The molecule has 3 aromatic rings. The molecule has 0 radical (unpaired) electrons. The fourth-order valence-corrected chi connectivity index (χ4v) is 2.80. The molecule has 0 saturated carbocycles. The van der Waals surface area contributed by atoms with Crippen molar-refractivity contribution >= 4 is 22.4 Å². The van der Waals surface area contributed by atoms with E-state index in [1.54, 1.807) is 35.7 Å². The van der Waals surface area contributed by atoms with Gasteiger partial charge in [0.15, 0.2) is 5.13 Å². The molecule has 0 atom stereocenters. The van der Waals surface area contributed by atoms with Gasteiger partial charge >= 0.3 is 0 Å². The van der Waals surface area contributed by atoms with Gasteiger partial charge in [-0.3, -0.25) is 10.1 Å². The highest BCUT2D eigenvalue weighted by Crippen LogP contribution is 2.32. The number of nitrogens with one attached hydrogen (secondary N) is 1. The molecule has 2 aromatic carbocycles. The van der Waals surface area contributed by atoms with Crippen molar-refractivity contribution in [3.8, 4) is 17.0 Å².